The van der Waals surface area contributed by atoms with Gasteiger partial charge < -0.3 is 0 Å². The van der Waals surface area contributed by atoms with E-state index in [0.29, 0.717) is 0 Å². The van der Waals surface area contributed by atoms with Crippen molar-refractivity contribution in [1.82, 2.24) is 0 Å². The summed E-state index contributed by atoms with van der Waals surface area (Å²) in [6.45, 7) is 5.64. The quantitative estimate of drug-likeness (QED) is 0.306. The lowest BCUT2D eigenvalue weighted by molar-refractivity contribution is 1.05. The highest BCUT2D eigenvalue weighted by atomic mass is 28.1. The smallest absolute Gasteiger partial charge is 0.0642 e. The van der Waals surface area contributed by atoms with Gasteiger partial charge in [-0.2, -0.15) is 0 Å². The summed E-state index contributed by atoms with van der Waals surface area (Å²) in [5.41, 5.74) is 0. The molecule has 43 valence electrons. The van der Waals surface area contributed by atoms with Gasteiger partial charge in [0.15, 0.2) is 0 Å². The van der Waals surface area contributed by atoms with Crippen LogP contribution in [0.2, 0.25) is 0 Å². The van der Waals surface area contributed by atoms with Crippen LogP contribution in [0.25, 0.3) is 0 Å². The van der Waals surface area contributed by atoms with Crippen LogP contribution in [0.4, 0.5) is 0 Å². The van der Waals surface area contributed by atoms with Crippen LogP contribution in [0.15, 0.2) is 23.9 Å². The van der Waals surface area contributed by atoms with Crippen molar-refractivity contribution >= 4 is 10.2 Å². The second-order valence-corrected chi connectivity index (χ2v) is 2.54. The van der Waals surface area contributed by atoms with Gasteiger partial charge in [0.1, 0.15) is 0 Å². The van der Waals surface area contributed by atoms with Crippen molar-refractivity contribution < 1.29 is 0 Å². The Hall–Kier alpha value is -0.303. The molecule has 0 aliphatic rings. The first-order valence-corrected chi connectivity index (χ1v) is 3.26. The Morgan fingerprint density at radius 2 is 2.25 bits per heavy atom. The van der Waals surface area contributed by atoms with Gasteiger partial charge in [0.25, 0.3) is 0 Å². The maximum Gasteiger partial charge on any atom is 0.0642 e. The summed E-state index contributed by atoms with van der Waals surface area (Å²) in [6, 6.07) is 0. The lowest BCUT2D eigenvalue weighted by Crippen LogP contribution is -1.70. The van der Waals surface area contributed by atoms with E-state index in [0.717, 1.165) is 12.8 Å². The molecule has 1 heteroatoms. The zero-order valence-electron chi connectivity index (χ0n) is 5.28. The molecule has 0 aliphatic carbocycles. The summed E-state index contributed by atoms with van der Waals surface area (Å²) in [5, 5.41) is 1.20. The predicted octanol–water partition coefficient (Wildman–Crippen LogP) is 2.02. The lowest BCUT2D eigenvalue weighted by Gasteiger charge is -1.86. The van der Waals surface area contributed by atoms with Crippen molar-refractivity contribution in [2.75, 3.05) is 0 Å². The highest BCUT2D eigenvalue weighted by molar-refractivity contribution is 6.21. The average molecular weight is 123 g/mol. The van der Waals surface area contributed by atoms with Crippen LogP contribution < -0.4 is 0 Å². The standard InChI is InChI=1S/C7H11Si/c1-3-4-5-6-7(2)8/h3,6H,1,4-5H2,2H3/b7-6-. The zero-order valence-corrected chi connectivity index (χ0v) is 6.28. The highest BCUT2D eigenvalue weighted by Crippen LogP contribution is 1.93. The van der Waals surface area contributed by atoms with E-state index >= 15 is 0 Å². The minimum atomic E-state index is 1.07. The van der Waals surface area contributed by atoms with E-state index in [1.54, 1.807) is 0 Å². The summed E-state index contributed by atoms with van der Waals surface area (Å²) < 4.78 is 0. The number of allylic oxidation sites excluding steroid dienone is 3. The van der Waals surface area contributed by atoms with Crippen molar-refractivity contribution in [2.45, 2.75) is 19.8 Å². The molecule has 0 amide bonds. The second kappa shape index (κ2) is 4.85. The fourth-order valence-corrected chi connectivity index (χ4v) is 0.562. The Bertz CT molecular complexity index is 88.6. The van der Waals surface area contributed by atoms with Crippen molar-refractivity contribution in [2.24, 2.45) is 0 Å². The molecule has 0 unspecified atom stereocenters. The van der Waals surface area contributed by atoms with Crippen molar-refractivity contribution in [3.63, 3.8) is 0 Å². The molecule has 0 aliphatic heterocycles. The van der Waals surface area contributed by atoms with Crippen LogP contribution in [0.3, 0.4) is 0 Å². The topological polar surface area (TPSA) is 0 Å². The van der Waals surface area contributed by atoms with E-state index in [9.17, 15) is 0 Å². The van der Waals surface area contributed by atoms with Gasteiger partial charge in [-0.15, -0.1) is 6.58 Å². The van der Waals surface area contributed by atoms with Gasteiger partial charge >= 0.3 is 0 Å². The molecule has 0 nitrogen and oxygen atoms in total. The molecule has 0 fully saturated rings. The largest absolute Gasteiger partial charge is 0.103 e. The van der Waals surface area contributed by atoms with Crippen molar-refractivity contribution in [1.29, 1.82) is 0 Å². The molecular formula is C7H11Si. The van der Waals surface area contributed by atoms with Crippen LogP contribution in [0, 0.1) is 0 Å². The Labute approximate surface area is 54.7 Å². The van der Waals surface area contributed by atoms with Gasteiger partial charge in [0.05, 0.1) is 10.2 Å². The van der Waals surface area contributed by atoms with E-state index in [1.165, 1.54) is 5.20 Å². The van der Waals surface area contributed by atoms with Crippen LogP contribution in [0.1, 0.15) is 19.8 Å². The molecule has 0 aromatic rings. The normalized spacial score (nSPS) is 11.5. The summed E-state index contributed by atoms with van der Waals surface area (Å²) in [5.74, 6) is 0. The van der Waals surface area contributed by atoms with Gasteiger partial charge in [-0.1, -0.05) is 17.3 Å². The fraction of sp³-hybridized carbons (Fsp3) is 0.429. The molecule has 0 aromatic heterocycles. The third-order valence-corrected chi connectivity index (χ3v) is 1.03. The molecule has 0 aromatic carbocycles. The molecule has 3 radical (unpaired) electrons. The summed E-state index contributed by atoms with van der Waals surface area (Å²) in [6.07, 6.45) is 6.23. The molecule has 0 saturated heterocycles. The molecular weight excluding hydrogens is 112 g/mol. The molecule has 0 heterocycles. The van der Waals surface area contributed by atoms with E-state index in [1.807, 2.05) is 13.0 Å². The highest BCUT2D eigenvalue weighted by Gasteiger charge is 1.75. The minimum absolute atomic E-state index is 1.07. The maximum atomic E-state index is 3.61. The zero-order chi connectivity index (χ0) is 6.41. The number of rotatable bonds is 3. The van der Waals surface area contributed by atoms with Gasteiger partial charge in [0.2, 0.25) is 0 Å². The molecule has 0 bridgehead atoms. The maximum absolute atomic E-state index is 3.61. The third-order valence-electron chi connectivity index (χ3n) is 0.821. The Morgan fingerprint density at radius 1 is 1.62 bits per heavy atom. The van der Waals surface area contributed by atoms with E-state index in [4.69, 9.17) is 0 Å². The lowest BCUT2D eigenvalue weighted by atomic mass is 10.3. The monoisotopic (exact) mass is 123 g/mol. The van der Waals surface area contributed by atoms with Crippen LogP contribution >= 0.6 is 0 Å². The number of hydrogen-bond acceptors (Lipinski definition) is 0. The second-order valence-electron chi connectivity index (χ2n) is 1.75. The van der Waals surface area contributed by atoms with Crippen molar-refractivity contribution in [3.8, 4) is 0 Å². The van der Waals surface area contributed by atoms with Gasteiger partial charge in [0, 0.05) is 0 Å². The molecule has 0 rings (SSSR count). The molecule has 0 N–H and O–H groups in total. The fourth-order valence-electron chi connectivity index (χ4n) is 0.418. The summed E-state index contributed by atoms with van der Waals surface area (Å²) in [7, 11) is 3.38. The molecule has 0 atom stereocenters. The average Bonchev–Trinajstić information content (AvgIpc) is 1.66. The van der Waals surface area contributed by atoms with Crippen LogP contribution in [-0.4, -0.2) is 10.2 Å². The predicted molar refractivity (Wildman–Crippen MR) is 38.9 cm³/mol. The molecule has 0 spiro atoms. The Balaban J connectivity index is 3.15. The molecule has 0 saturated carbocycles. The Kier molecular flexibility index (Phi) is 4.66. The third kappa shape index (κ3) is 5.70. The van der Waals surface area contributed by atoms with Crippen molar-refractivity contribution in [3.05, 3.63) is 23.9 Å². The van der Waals surface area contributed by atoms with Crippen LogP contribution in [0.5, 0.6) is 0 Å². The Morgan fingerprint density at radius 3 is 2.62 bits per heavy atom. The van der Waals surface area contributed by atoms with E-state index in [-0.39, 0.29) is 0 Å². The first-order chi connectivity index (χ1) is 3.77. The number of unbranched alkanes of at least 4 members (excludes halogenated alkanes) is 1. The number of hydrogen-bond donors (Lipinski definition) is 0. The first-order valence-electron chi connectivity index (χ1n) is 2.76. The van der Waals surface area contributed by atoms with Gasteiger partial charge in [-0.05, 0) is 19.8 Å². The van der Waals surface area contributed by atoms with E-state index in [2.05, 4.69) is 22.9 Å². The van der Waals surface area contributed by atoms with E-state index < -0.39 is 0 Å². The first kappa shape index (κ1) is 7.70. The van der Waals surface area contributed by atoms with Gasteiger partial charge in [-0.25, -0.2) is 0 Å². The SMILES string of the molecule is C=CCC/C=C(/C)[Si]. The summed E-state index contributed by atoms with van der Waals surface area (Å²) in [4.78, 5) is 0. The van der Waals surface area contributed by atoms with Gasteiger partial charge in [-0.3, -0.25) is 0 Å². The minimum Gasteiger partial charge on any atom is -0.103 e. The summed E-state index contributed by atoms with van der Waals surface area (Å²) >= 11 is 0. The molecule has 8 heavy (non-hydrogen) atoms. The van der Waals surface area contributed by atoms with Crippen LogP contribution in [-0.2, 0) is 0 Å².